The van der Waals surface area contributed by atoms with Crippen LogP contribution in [0.1, 0.15) is 11.1 Å². The maximum Gasteiger partial charge on any atom is 0.101 e. The van der Waals surface area contributed by atoms with Gasteiger partial charge in [-0.05, 0) is 55.0 Å². The van der Waals surface area contributed by atoms with Gasteiger partial charge >= 0.3 is 0 Å². The molecule has 0 saturated heterocycles. The average molecular weight is 359 g/mol. The van der Waals surface area contributed by atoms with Crippen molar-refractivity contribution in [2.45, 2.75) is 6.92 Å². The fourth-order valence-electron chi connectivity index (χ4n) is 3.95. The number of hydrogen-bond donors (Lipinski definition) is 0. The minimum absolute atomic E-state index is 0.585. The van der Waals surface area contributed by atoms with Crippen molar-refractivity contribution in [2.24, 2.45) is 0 Å². The molecule has 0 unspecified atom stereocenters. The Morgan fingerprint density at radius 2 is 1.50 bits per heavy atom. The Labute approximate surface area is 163 Å². The summed E-state index contributed by atoms with van der Waals surface area (Å²) in [6.07, 6.45) is 1.73. The third-order valence-corrected chi connectivity index (χ3v) is 5.10. The first-order valence-electron chi connectivity index (χ1n) is 9.22. The Morgan fingerprint density at radius 1 is 0.821 bits per heavy atom. The first-order chi connectivity index (χ1) is 13.8. The van der Waals surface area contributed by atoms with Gasteiger partial charge in [-0.1, -0.05) is 36.4 Å². The van der Waals surface area contributed by atoms with Crippen LogP contribution in [0.4, 0.5) is 0 Å². The van der Waals surface area contributed by atoms with Crippen molar-refractivity contribution in [2.75, 3.05) is 0 Å². The predicted octanol–water partition coefficient (Wildman–Crippen LogP) is 6.03. The lowest BCUT2D eigenvalue weighted by Gasteiger charge is -2.12. The van der Waals surface area contributed by atoms with Gasteiger partial charge in [0.2, 0.25) is 0 Å². The largest absolute Gasteiger partial charge is 0.309 e. The maximum atomic E-state index is 9.49. The van der Waals surface area contributed by atoms with E-state index in [4.69, 9.17) is 0 Å². The van der Waals surface area contributed by atoms with E-state index in [1.807, 2.05) is 6.07 Å². The van der Waals surface area contributed by atoms with Crippen molar-refractivity contribution in [3.05, 3.63) is 96.2 Å². The summed E-state index contributed by atoms with van der Waals surface area (Å²) in [7, 11) is 0. The normalized spacial score (nSPS) is 11.0. The standard InChI is InChI=1S/C25H17N3/c1-17-13-19(25-18(16-26)7-6-12-27-25)15-20(14-17)28-23-10-4-2-8-21(23)22-9-3-5-11-24(22)28/h2-15H,1H3. The van der Waals surface area contributed by atoms with E-state index in [-0.39, 0.29) is 0 Å². The van der Waals surface area contributed by atoms with Crippen molar-refractivity contribution in [1.82, 2.24) is 9.55 Å². The van der Waals surface area contributed by atoms with E-state index < -0.39 is 0 Å². The molecule has 3 aromatic carbocycles. The Morgan fingerprint density at radius 3 is 2.18 bits per heavy atom. The lowest BCUT2D eigenvalue weighted by Crippen LogP contribution is -1.97. The third-order valence-electron chi connectivity index (χ3n) is 5.10. The SMILES string of the molecule is Cc1cc(-c2ncccc2C#N)cc(-n2c3ccccc3c3ccccc32)c1. The second-order valence-electron chi connectivity index (χ2n) is 6.94. The van der Waals surface area contributed by atoms with Crippen LogP contribution in [0.3, 0.4) is 0 Å². The molecule has 0 aliphatic heterocycles. The van der Waals surface area contributed by atoms with Gasteiger partial charge in [-0.15, -0.1) is 0 Å². The van der Waals surface area contributed by atoms with E-state index in [0.29, 0.717) is 5.56 Å². The highest BCUT2D eigenvalue weighted by Gasteiger charge is 2.14. The molecule has 5 rings (SSSR count). The van der Waals surface area contributed by atoms with Gasteiger partial charge in [-0.25, -0.2) is 0 Å². The zero-order valence-electron chi connectivity index (χ0n) is 15.4. The number of nitriles is 1. The summed E-state index contributed by atoms with van der Waals surface area (Å²) in [6, 6.07) is 29.2. The van der Waals surface area contributed by atoms with Crippen molar-refractivity contribution in [1.29, 1.82) is 5.26 Å². The monoisotopic (exact) mass is 359 g/mol. The Kier molecular flexibility index (Phi) is 3.70. The molecule has 28 heavy (non-hydrogen) atoms. The minimum atomic E-state index is 0.585. The van der Waals surface area contributed by atoms with E-state index in [2.05, 4.69) is 89.3 Å². The number of fused-ring (bicyclic) bond motifs is 3. The van der Waals surface area contributed by atoms with Crippen LogP contribution in [0.15, 0.2) is 85.1 Å². The summed E-state index contributed by atoms with van der Waals surface area (Å²) in [6.45, 7) is 2.08. The fraction of sp³-hybridized carbons (Fsp3) is 0.0400. The molecule has 0 radical (unpaired) electrons. The molecule has 0 fully saturated rings. The molecule has 0 spiro atoms. The number of aryl methyl sites for hydroxylation is 1. The Bertz CT molecular complexity index is 1330. The maximum absolute atomic E-state index is 9.49. The quantitative estimate of drug-likeness (QED) is 0.386. The molecule has 0 N–H and O–H groups in total. The van der Waals surface area contributed by atoms with Crippen LogP contribution in [0.2, 0.25) is 0 Å². The first kappa shape index (κ1) is 16.3. The summed E-state index contributed by atoms with van der Waals surface area (Å²) in [4.78, 5) is 4.48. The number of rotatable bonds is 2. The second-order valence-corrected chi connectivity index (χ2v) is 6.94. The molecule has 5 aromatic rings. The van der Waals surface area contributed by atoms with Crippen LogP contribution in [-0.2, 0) is 0 Å². The van der Waals surface area contributed by atoms with Crippen LogP contribution in [-0.4, -0.2) is 9.55 Å². The smallest absolute Gasteiger partial charge is 0.101 e. The van der Waals surface area contributed by atoms with Crippen molar-refractivity contribution >= 4 is 21.8 Å². The summed E-state index contributed by atoms with van der Waals surface area (Å²) < 4.78 is 2.29. The number of pyridine rings is 1. The van der Waals surface area contributed by atoms with Crippen LogP contribution >= 0.6 is 0 Å². The topological polar surface area (TPSA) is 41.6 Å². The van der Waals surface area contributed by atoms with Gasteiger partial charge in [-0.3, -0.25) is 4.98 Å². The minimum Gasteiger partial charge on any atom is -0.309 e. The molecule has 2 heterocycles. The molecule has 0 bridgehead atoms. The van der Waals surface area contributed by atoms with Gasteiger partial charge < -0.3 is 4.57 Å². The van der Waals surface area contributed by atoms with Crippen molar-refractivity contribution in [3.63, 3.8) is 0 Å². The summed E-state index contributed by atoms with van der Waals surface area (Å²) in [5.41, 5.74) is 6.79. The van der Waals surface area contributed by atoms with Gasteiger partial charge in [0.1, 0.15) is 6.07 Å². The molecule has 132 valence electrons. The highest BCUT2D eigenvalue weighted by atomic mass is 15.0. The number of benzene rings is 3. The number of aromatic nitrogens is 2. The molecule has 0 aliphatic rings. The third kappa shape index (κ3) is 2.47. The van der Waals surface area contributed by atoms with E-state index >= 15 is 0 Å². The Hall–Kier alpha value is -3.90. The second kappa shape index (κ2) is 6.37. The zero-order chi connectivity index (χ0) is 19.1. The lowest BCUT2D eigenvalue weighted by molar-refractivity contribution is 1.17. The number of para-hydroxylation sites is 2. The van der Waals surface area contributed by atoms with Crippen LogP contribution in [0, 0.1) is 18.3 Å². The summed E-state index contributed by atoms with van der Waals surface area (Å²) >= 11 is 0. The van der Waals surface area contributed by atoms with E-state index in [9.17, 15) is 5.26 Å². The predicted molar refractivity (Wildman–Crippen MR) is 113 cm³/mol. The number of hydrogen-bond acceptors (Lipinski definition) is 2. The van der Waals surface area contributed by atoms with Gasteiger partial charge in [-0.2, -0.15) is 5.26 Å². The first-order valence-corrected chi connectivity index (χ1v) is 9.22. The summed E-state index contributed by atoms with van der Waals surface area (Å²) in [5.74, 6) is 0. The fourth-order valence-corrected chi connectivity index (χ4v) is 3.95. The average Bonchev–Trinajstić information content (AvgIpc) is 3.08. The lowest BCUT2D eigenvalue weighted by atomic mass is 10.0. The molecule has 2 aromatic heterocycles. The molecular weight excluding hydrogens is 342 g/mol. The van der Waals surface area contributed by atoms with E-state index in [1.165, 1.54) is 21.8 Å². The van der Waals surface area contributed by atoms with Crippen LogP contribution in [0.25, 0.3) is 38.8 Å². The van der Waals surface area contributed by atoms with Gasteiger partial charge in [0.05, 0.1) is 22.3 Å². The molecule has 3 heteroatoms. The van der Waals surface area contributed by atoms with Gasteiger partial charge in [0.25, 0.3) is 0 Å². The molecular formula is C25H17N3. The molecule has 0 saturated carbocycles. The van der Waals surface area contributed by atoms with E-state index in [1.54, 1.807) is 12.3 Å². The number of nitrogens with zero attached hydrogens (tertiary/aromatic N) is 3. The summed E-state index contributed by atoms with van der Waals surface area (Å²) in [5, 5.41) is 12.0. The van der Waals surface area contributed by atoms with Crippen molar-refractivity contribution in [3.8, 4) is 23.0 Å². The van der Waals surface area contributed by atoms with Gasteiger partial charge in [0.15, 0.2) is 0 Å². The molecule has 0 aliphatic carbocycles. The molecule has 0 atom stereocenters. The van der Waals surface area contributed by atoms with Gasteiger partial charge in [0, 0.05) is 28.2 Å². The Balaban J connectivity index is 1.84. The zero-order valence-corrected chi connectivity index (χ0v) is 15.4. The highest BCUT2D eigenvalue weighted by molar-refractivity contribution is 6.09. The van der Waals surface area contributed by atoms with Crippen molar-refractivity contribution < 1.29 is 0 Å². The van der Waals surface area contributed by atoms with E-state index in [0.717, 1.165) is 22.5 Å². The van der Waals surface area contributed by atoms with Crippen LogP contribution < -0.4 is 0 Å². The van der Waals surface area contributed by atoms with Crippen LogP contribution in [0.5, 0.6) is 0 Å². The molecule has 0 amide bonds. The highest BCUT2D eigenvalue weighted by Crippen LogP contribution is 2.33. The molecule has 3 nitrogen and oxygen atoms in total.